The molecule has 25 heavy (non-hydrogen) atoms. The molecule has 0 spiro atoms. The molecule has 0 aliphatic carbocycles. The van der Waals surface area contributed by atoms with Gasteiger partial charge in [0.05, 0.1) is 19.5 Å². The van der Waals surface area contributed by atoms with Gasteiger partial charge in [-0.25, -0.2) is 15.0 Å². The Labute approximate surface area is 146 Å². The van der Waals surface area contributed by atoms with Gasteiger partial charge in [0.25, 0.3) is 0 Å². The zero-order valence-corrected chi connectivity index (χ0v) is 14.6. The SMILES string of the molecule is CC(C)n1cnc2c(Nc3cccc(C4(C)OCCO4)c3)ncnc21. The third-order valence-corrected chi connectivity index (χ3v) is 4.40. The van der Waals surface area contributed by atoms with E-state index in [9.17, 15) is 0 Å². The first-order valence-electron chi connectivity index (χ1n) is 8.40. The van der Waals surface area contributed by atoms with E-state index in [1.165, 1.54) is 0 Å². The molecule has 4 rings (SSSR count). The molecule has 3 aromatic rings. The van der Waals surface area contributed by atoms with Gasteiger partial charge in [-0.05, 0) is 32.9 Å². The van der Waals surface area contributed by atoms with Crippen molar-refractivity contribution in [2.75, 3.05) is 18.5 Å². The van der Waals surface area contributed by atoms with Crippen LogP contribution in [0.15, 0.2) is 36.9 Å². The summed E-state index contributed by atoms with van der Waals surface area (Å²) in [5.74, 6) is -0.0160. The topological polar surface area (TPSA) is 74.1 Å². The van der Waals surface area contributed by atoms with E-state index in [1.54, 1.807) is 12.7 Å². The van der Waals surface area contributed by atoms with Crippen LogP contribution in [0.1, 0.15) is 32.4 Å². The van der Waals surface area contributed by atoms with Crippen LogP contribution in [0.5, 0.6) is 0 Å². The van der Waals surface area contributed by atoms with Crippen molar-refractivity contribution >= 4 is 22.7 Å². The van der Waals surface area contributed by atoms with Gasteiger partial charge in [-0.3, -0.25) is 0 Å². The van der Waals surface area contributed by atoms with Crippen molar-refractivity contribution in [3.63, 3.8) is 0 Å². The predicted octanol–water partition coefficient (Wildman–Crippen LogP) is 3.37. The molecule has 0 radical (unpaired) electrons. The number of nitrogens with zero attached hydrogens (tertiary/aromatic N) is 4. The van der Waals surface area contributed by atoms with Gasteiger partial charge in [0.1, 0.15) is 6.33 Å². The van der Waals surface area contributed by atoms with Crippen molar-refractivity contribution in [3.05, 3.63) is 42.5 Å². The van der Waals surface area contributed by atoms with Gasteiger partial charge in [-0.15, -0.1) is 0 Å². The molecule has 1 saturated heterocycles. The van der Waals surface area contributed by atoms with Crippen LogP contribution in [0.2, 0.25) is 0 Å². The summed E-state index contributed by atoms with van der Waals surface area (Å²) < 4.78 is 13.5. The molecule has 1 fully saturated rings. The molecule has 7 heteroatoms. The summed E-state index contributed by atoms with van der Waals surface area (Å²) in [7, 11) is 0. The first-order valence-corrected chi connectivity index (χ1v) is 8.40. The zero-order chi connectivity index (χ0) is 17.4. The second-order valence-corrected chi connectivity index (χ2v) is 6.49. The molecule has 2 aromatic heterocycles. The highest BCUT2D eigenvalue weighted by atomic mass is 16.7. The monoisotopic (exact) mass is 339 g/mol. The molecule has 0 atom stereocenters. The summed E-state index contributed by atoms with van der Waals surface area (Å²) in [6.45, 7) is 7.34. The second kappa shape index (κ2) is 6.09. The Bertz CT molecular complexity index is 899. The number of ether oxygens (including phenoxy) is 2. The summed E-state index contributed by atoms with van der Waals surface area (Å²) in [6, 6.07) is 8.25. The molecule has 0 saturated carbocycles. The maximum Gasteiger partial charge on any atom is 0.192 e. The van der Waals surface area contributed by atoms with Crippen molar-refractivity contribution < 1.29 is 9.47 Å². The Morgan fingerprint density at radius 2 is 1.96 bits per heavy atom. The van der Waals surface area contributed by atoms with Crippen molar-refractivity contribution in [1.82, 2.24) is 19.5 Å². The molecule has 3 heterocycles. The zero-order valence-electron chi connectivity index (χ0n) is 14.6. The molecule has 7 nitrogen and oxygen atoms in total. The lowest BCUT2D eigenvalue weighted by Crippen LogP contribution is -2.22. The molecule has 0 amide bonds. The first kappa shape index (κ1) is 16.0. The Morgan fingerprint density at radius 1 is 1.16 bits per heavy atom. The van der Waals surface area contributed by atoms with Crippen molar-refractivity contribution in [2.45, 2.75) is 32.6 Å². The van der Waals surface area contributed by atoms with E-state index in [4.69, 9.17) is 9.47 Å². The minimum atomic E-state index is -0.697. The van der Waals surface area contributed by atoms with E-state index in [0.717, 1.165) is 22.4 Å². The van der Waals surface area contributed by atoms with Crippen LogP contribution in [0, 0.1) is 0 Å². The van der Waals surface area contributed by atoms with Crippen molar-refractivity contribution in [2.24, 2.45) is 0 Å². The van der Waals surface area contributed by atoms with E-state index in [-0.39, 0.29) is 6.04 Å². The Hall–Kier alpha value is -2.51. The summed E-state index contributed by atoms with van der Waals surface area (Å²) in [4.78, 5) is 13.2. The van der Waals surface area contributed by atoms with E-state index in [2.05, 4.69) is 34.1 Å². The van der Waals surface area contributed by atoms with E-state index < -0.39 is 5.79 Å². The lowest BCUT2D eigenvalue weighted by Gasteiger charge is -2.23. The highest BCUT2D eigenvalue weighted by molar-refractivity contribution is 5.85. The highest BCUT2D eigenvalue weighted by Gasteiger charge is 2.33. The lowest BCUT2D eigenvalue weighted by molar-refractivity contribution is -0.149. The fourth-order valence-electron chi connectivity index (χ4n) is 3.02. The van der Waals surface area contributed by atoms with Gasteiger partial charge in [0.15, 0.2) is 22.8 Å². The normalized spacial score (nSPS) is 16.6. The Morgan fingerprint density at radius 3 is 2.72 bits per heavy atom. The Balaban J connectivity index is 1.68. The van der Waals surface area contributed by atoms with Crippen LogP contribution in [-0.4, -0.2) is 32.7 Å². The minimum absolute atomic E-state index is 0.285. The van der Waals surface area contributed by atoms with Crippen LogP contribution in [0.25, 0.3) is 11.2 Å². The lowest BCUT2D eigenvalue weighted by atomic mass is 10.1. The third-order valence-electron chi connectivity index (χ3n) is 4.40. The molecular formula is C18H21N5O2. The van der Waals surface area contributed by atoms with E-state index >= 15 is 0 Å². The summed E-state index contributed by atoms with van der Waals surface area (Å²) >= 11 is 0. The van der Waals surface area contributed by atoms with Gasteiger partial charge in [0, 0.05) is 17.3 Å². The van der Waals surface area contributed by atoms with Gasteiger partial charge < -0.3 is 19.4 Å². The number of benzene rings is 1. The van der Waals surface area contributed by atoms with E-state index in [0.29, 0.717) is 19.0 Å². The van der Waals surface area contributed by atoms with E-state index in [1.807, 2.05) is 35.8 Å². The molecule has 1 aliphatic rings. The fourth-order valence-corrected chi connectivity index (χ4v) is 3.02. The number of nitrogens with one attached hydrogen (secondary N) is 1. The Kier molecular flexibility index (Phi) is 3.89. The van der Waals surface area contributed by atoms with Crippen molar-refractivity contribution in [1.29, 1.82) is 0 Å². The molecule has 1 aromatic carbocycles. The van der Waals surface area contributed by atoms with Crippen LogP contribution in [-0.2, 0) is 15.3 Å². The van der Waals surface area contributed by atoms with Crippen LogP contribution >= 0.6 is 0 Å². The van der Waals surface area contributed by atoms with Gasteiger partial charge in [-0.1, -0.05) is 12.1 Å². The maximum atomic E-state index is 5.74. The molecule has 1 aliphatic heterocycles. The number of hydrogen-bond acceptors (Lipinski definition) is 6. The third kappa shape index (κ3) is 2.85. The largest absolute Gasteiger partial charge is 0.344 e. The molecular weight excluding hydrogens is 318 g/mol. The predicted molar refractivity (Wildman–Crippen MR) is 94.7 cm³/mol. The average molecular weight is 339 g/mol. The van der Waals surface area contributed by atoms with Gasteiger partial charge in [0.2, 0.25) is 0 Å². The molecule has 0 bridgehead atoms. The number of rotatable bonds is 4. The van der Waals surface area contributed by atoms with Crippen LogP contribution in [0.3, 0.4) is 0 Å². The number of anilines is 2. The number of fused-ring (bicyclic) bond motifs is 1. The summed E-state index contributed by atoms with van der Waals surface area (Å²) in [6.07, 6.45) is 3.35. The van der Waals surface area contributed by atoms with Gasteiger partial charge in [-0.2, -0.15) is 0 Å². The summed E-state index contributed by atoms with van der Waals surface area (Å²) in [5, 5.41) is 3.34. The average Bonchev–Trinajstić information content (AvgIpc) is 3.23. The fraction of sp³-hybridized carbons (Fsp3) is 0.389. The molecule has 1 N–H and O–H groups in total. The van der Waals surface area contributed by atoms with Crippen molar-refractivity contribution in [3.8, 4) is 0 Å². The smallest absolute Gasteiger partial charge is 0.192 e. The highest BCUT2D eigenvalue weighted by Crippen LogP contribution is 2.33. The number of imidazole rings is 1. The number of hydrogen-bond donors (Lipinski definition) is 1. The summed E-state index contributed by atoms with van der Waals surface area (Å²) in [5.41, 5.74) is 3.43. The molecule has 0 unspecified atom stereocenters. The van der Waals surface area contributed by atoms with Crippen LogP contribution < -0.4 is 5.32 Å². The number of aromatic nitrogens is 4. The second-order valence-electron chi connectivity index (χ2n) is 6.49. The standard InChI is InChI=1S/C18H21N5O2/c1-12(2)23-11-21-15-16(19-10-20-17(15)23)22-14-6-4-5-13(9-14)18(3)24-7-8-25-18/h4-6,9-12H,7-8H2,1-3H3,(H,19,20,22). The minimum Gasteiger partial charge on any atom is -0.344 e. The van der Waals surface area contributed by atoms with Crippen LogP contribution in [0.4, 0.5) is 11.5 Å². The first-order chi connectivity index (χ1) is 12.1. The quantitative estimate of drug-likeness (QED) is 0.785. The molecule has 130 valence electrons. The maximum absolute atomic E-state index is 5.74. The van der Waals surface area contributed by atoms with Gasteiger partial charge >= 0.3 is 0 Å².